The van der Waals surface area contributed by atoms with E-state index in [9.17, 15) is 8.42 Å². The minimum atomic E-state index is -3.87. The van der Waals surface area contributed by atoms with E-state index in [1.54, 1.807) is 0 Å². The Balaban J connectivity index is 2.34. The summed E-state index contributed by atoms with van der Waals surface area (Å²) in [5.41, 5.74) is 0. The molecule has 2 heterocycles. The molecule has 2 rings (SSSR count). The molecule has 0 radical (unpaired) electrons. The Bertz CT molecular complexity index is 773. The van der Waals surface area contributed by atoms with Crippen molar-refractivity contribution >= 4 is 27.3 Å². The van der Waals surface area contributed by atoms with Gasteiger partial charge in [0, 0.05) is 0 Å². The number of hydrogen-bond donors (Lipinski definition) is 1. The molecule has 0 saturated carbocycles. The molecule has 1 N–H and O–H groups in total. The van der Waals surface area contributed by atoms with Crippen molar-refractivity contribution in [2.75, 3.05) is 18.9 Å². The highest BCUT2D eigenvalue weighted by Gasteiger charge is 2.19. The lowest BCUT2D eigenvalue weighted by molar-refractivity contribution is 0.373. The first-order valence-electron chi connectivity index (χ1n) is 5.48. The van der Waals surface area contributed by atoms with Crippen LogP contribution in [-0.2, 0) is 10.0 Å². The van der Waals surface area contributed by atoms with Crippen molar-refractivity contribution in [3.8, 4) is 17.8 Å². The maximum Gasteiger partial charge on any atom is 0.273 e. The number of anilines is 1. The molecule has 0 aliphatic rings. The van der Waals surface area contributed by atoms with E-state index in [0.29, 0.717) is 4.88 Å². The zero-order chi connectivity index (χ0) is 15.5. The fraction of sp³-hybridized carbons (Fsp3) is 0.182. The Morgan fingerprint density at radius 1 is 1.24 bits per heavy atom. The number of aromatic nitrogens is 2. The molecule has 0 unspecified atom stereocenters. The number of nitrogens with zero attached hydrogens (tertiary/aromatic N) is 3. The average Bonchev–Trinajstić information content (AvgIpc) is 2.96. The van der Waals surface area contributed by atoms with Gasteiger partial charge in [-0.05, 0) is 12.1 Å². The Labute approximate surface area is 125 Å². The van der Waals surface area contributed by atoms with Crippen molar-refractivity contribution in [3.63, 3.8) is 0 Å². The minimum Gasteiger partial charge on any atom is -0.481 e. The van der Waals surface area contributed by atoms with Gasteiger partial charge in [-0.15, -0.1) is 11.3 Å². The van der Waals surface area contributed by atoms with Crippen LogP contribution in [0.25, 0.3) is 0 Å². The van der Waals surface area contributed by atoms with Crippen LogP contribution in [0.3, 0.4) is 0 Å². The summed E-state index contributed by atoms with van der Waals surface area (Å²) in [6.07, 6.45) is 0. The van der Waals surface area contributed by atoms with E-state index in [2.05, 4.69) is 14.7 Å². The van der Waals surface area contributed by atoms with Gasteiger partial charge in [0.25, 0.3) is 10.0 Å². The molecule has 110 valence electrons. The fourth-order valence-corrected chi connectivity index (χ4v) is 3.40. The molecular formula is C11H10N4O4S2. The minimum absolute atomic E-state index is 0.00978. The second-order valence-corrected chi connectivity index (χ2v) is 6.61. The number of rotatable bonds is 5. The Kier molecular flexibility index (Phi) is 4.25. The zero-order valence-corrected chi connectivity index (χ0v) is 12.7. The second kappa shape index (κ2) is 5.94. The standard InChI is InChI=1S/C11H10N4O4S2/c1-18-8-5-9(19-2)14-11(13-8)15-21(16,17)10-4-3-7(6-12)20-10/h3-5H,1-2H3,(H,13,14,15). The van der Waals surface area contributed by atoms with Crippen molar-refractivity contribution in [2.24, 2.45) is 0 Å². The number of sulfonamides is 1. The highest BCUT2D eigenvalue weighted by molar-refractivity contribution is 7.94. The summed E-state index contributed by atoms with van der Waals surface area (Å²) < 4.78 is 36.4. The molecule has 0 spiro atoms. The summed E-state index contributed by atoms with van der Waals surface area (Å²) in [4.78, 5) is 8.04. The second-order valence-electron chi connectivity index (χ2n) is 3.61. The van der Waals surface area contributed by atoms with Gasteiger partial charge >= 0.3 is 0 Å². The number of ether oxygens (including phenoxy) is 2. The van der Waals surface area contributed by atoms with Crippen LogP contribution in [0.4, 0.5) is 5.95 Å². The van der Waals surface area contributed by atoms with Crippen LogP contribution in [0.15, 0.2) is 22.4 Å². The quantitative estimate of drug-likeness (QED) is 0.878. The lowest BCUT2D eigenvalue weighted by atomic mass is 10.5. The molecule has 21 heavy (non-hydrogen) atoms. The molecule has 10 heteroatoms. The average molecular weight is 326 g/mol. The van der Waals surface area contributed by atoms with Gasteiger partial charge in [0.1, 0.15) is 15.2 Å². The highest BCUT2D eigenvalue weighted by Crippen LogP contribution is 2.24. The topological polar surface area (TPSA) is 114 Å². The molecule has 0 saturated heterocycles. The lowest BCUT2D eigenvalue weighted by Crippen LogP contribution is -2.14. The maximum absolute atomic E-state index is 12.2. The normalized spacial score (nSPS) is 10.7. The molecule has 2 aromatic rings. The first-order valence-corrected chi connectivity index (χ1v) is 7.78. The highest BCUT2D eigenvalue weighted by atomic mass is 32.2. The number of hydrogen-bond acceptors (Lipinski definition) is 8. The third-order valence-electron chi connectivity index (χ3n) is 2.28. The molecule has 0 aliphatic heterocycles. The van der Waals surface area contributed by atoms with Crippen LogP contribution in [0.5, 0.6) is 11.8 Å². The van der Waals surface area contributed by atoms with Gasteiger partial charge in [-0.2, -0.15) is 15.2 Å². The van der Waals surface area contributed by atoms with Gasteiger partial charge in [-0.3, -0.25) is 0 Å². The monoisotopic (exact) mass is 326 g/mol. The molecular weight excluding hydrogens is 316 g/mol. The van der Waals surface area contributed by atoms with Crippen LogP contribution in [0.1, 0.15) is 4.88 Å². The van der Waals surface area contributed by atoms with Crippen molar-refractivity contribution in [3.05, 3.63) is 23.1 Å². The van der Waals surface area contributed by atoms with E-state index >= 15 is 0 Å². The van der Waals surface area contributed by atoms with Crippen molar-refractivity contribution in [2.45, 2.75) is 4.21 Å². The van der Waals surface area contributed by atoms with E-state index in [1.165, 1.54) is 32.4 Å². The molecule has 2 aromatic heterocycles. The molecule has 0 aliphatic carbocycles. The SMILES string of the molecule is COc1cc(OC)nc(NS(=O)(=O)c2ccc(C#N)s2)n1. The summed E-state index contributed by atoms with van der Waals surface area (Å²) in [5.74, 6) is 0.130. The van der Waals surface area contributed by atoms with Gasteiger partial charge in [-0.25, -0.2) is 13.1 Å². The van der Waals surface area contributed by atoms with E-state index in [4.69, 9.17) is 14.7 Å². The Morgan fingerprint density at radius 2 is 1.86 bits per heavy atom. The maximum atomic E-state index is 12.2. The largest absolute Gasteiger partial charge is 0.481 e. The van der Waals surface area contributed by atoms with Gasteiger partial charge in [0.05, 0.1) is 20.3 Å². The Hall–Kier alpha value is -2.38. The molecule has 8 nitrogen and oxygen atoms in total. The molecule has 0 fully saturated rings. The van der Waals surface area contributed by atoms with Gasteiger partial charge < -0.3 is 9.47 Å². The summed E-state index contributed by atoms with van der Waals surface area (Å²) in [6.45, 7) is 0. The predicted molar refractivity (Wildman–Crippen MR) is 75.0 cm³/mol. The smallest absolute Gasteiger partial charge is 0.273 e. The molecule has 0 amide bonds. The number of nitriles is 1. The molecule has 0 bridgehead atoms. The molecule has 0 aromatic carbocycles. The van der Waals surface area contributed by atoms with Gasteiger partial charge in [0.15, 0.2) is 0 Å². The van der Waals surface area contributed by atoms with Crippen LogP contribution < -0.4 is 14.2 Å². The first-order chi connectivity index (χ1) is 9.98. The van der Waals surface area contributed by atoms with Crippen LogP contribution in [0.2, 0.25) is 0 Å². The Morgan fingerprint density at radius 3 is 2.33 bits per heavy atom. The fourth-order valence-electron chi connectivity index (χ4n) is 1.35. The number of nitrogens with one attached hydrogen (secondary N) is 1. The summed E-state index contributed by atoms with van der Waals surface area (Å²) in [7, 11) is -1.10. The van der Waals surface area contributed by atoms with Crippen LogP contribution >= 0.6 is 11.3 Å². The first kappa shape index (κ1) is 15.0. The lowest BCUT2D eigenvalue weighted by Gasteiger charge is -2.07. The van der Waals surface area contributed by atoms with Crippen LogP contribution in [0, 0.1) is 11.3 Å². The van der Waals surface area contributed by atoms with Crippen molar-refractivity contribution in [1.29, 1.82) is 5.26 Å². The summed E-state index contributed by atoms with van der Waals surface area (Å²) in [5, 5.41) is 8.73. The third kappa shape index (κ3) is 3.39. The van der Waals surface area contributed by atoms with Gasteiger partial charge in [0.2, 0.25) is 17.7 Å². The van der Waals surface area contributed by atoms with Gasteiger partial charge in [-0.1, -0.05) is 0 Å². The number of methoxy groups -OCH3 is 2. The third-order valence-corrected chi connectivity index (χ3v) is 5.09. The van der Waals surface area contributed by atoms with E-state index in [-0.39, 0.29) is 21.9 Å². The van der Waals surface area contributed by atoms with Crippen LogP contribution in [-0.4, -0.2) is 32.6 Å². The summed E-state index contributed by atoms with van der Waals surface area (Å²) in [6, 6.07) is 6.05. The van der Waals surface area contributed by atoms with Crippen molar-refractivity contribution in [1.82, 2.24) is 9.97 Å². The predicted octanol–water partition coefficient (Wildman–Crippen LogP) is 1.23. The van der Waals surface area contributed by atoms with E-state index in [0.717, 1.165) is 11.3 Å². The zero-order valence-electron chi connectivity index (χ0n) is 11.0. The van der Waals surface area contributed by atoms with Crippen molar-refractivity contribution < 1.29 is 17.9 Å². The summed E-state index contributed by atoms with van der Waals surface area (Å²) >= 11 is 0.849. The van der Waals surface area contributed by atoms with E-state index < -0.39 is 10.0 Å². The van der Waals surface area contributed by atoms with E-state index in [1.807, 2.05) is 6.07 Å². The molecule has 0 atom stereocenters. The number of thiophene rings is 1.